The molecule has 0 aromatic heterocycles. The number of hydrogen-bond donors (Lipinski definition) is 2. The van der Waals surface area contributed by atoms with Crippen LogP contribution < -0.4 is 0 Å². The second-order valence-electron chi connectivity index (χ2n) is 16.1. The minimum Gasteiger partial charge on any atom is -0.393 e. The van der Waals surface area contributed by atoms with E-state index in [4.69, 9.17) is 14.2 Å². The summed E-state index contributed by atoms with van der Waals surface area (Å²) in [6, 6.07) is 0. The van der Waals surface area contributed by atoms with Crippen LogP contribution in [-0.2, 0) is 14.2 Å². The molecule has 5 aliphatic carbocycles. The number of methoxy groups -OCH3 is 1. The fourth-order valence-electron chi connectivity index (χ4n) is 12.9. The van der Waals surface area contributed by atoms with Crippen LogP contribution >= 0.6 is 0 Å². The lowest BCUT2D eigenvalue weighted by Crippen LogP contribution is -2.63. The second kappa shape index (κ2) is 6.74. The minimum absolute atomic E-state index is 0.0260. The summed E-state index contributed by atoms with van der Waals surface area (Å²) in [6.45, 7) is 16.2. The van der Waals surface area contributed by atoms with E-state index in [2.05, 4.69) is 34.6 Å². The first kappa shape index (κ1) is 24.8. The summed E-state index contributed by atoms with van der Waals surface area (Å²) >= 11 is 0. The van der Waals surface area contributed by atoms with Gasteiger partial charge in [-0.2, -0.15) is 0 Å². The average molecular weight is 503 g/mol. The first-order chi connectivity index (χ1) is 16.7. The zero-order chi connectivity index (χ0) is 25.9. The molecule has 0 bridgehead atoms. The minimum atomic E-state index is -1.08. The summed E-state index contributed by atoms with van der Waals surface area (Å²) in [6.07, 6.45) is 8.62. The maximum absolute atomic E-state index is 11.4. The van der Waals surface area contributed by atoms with Gasteiger partial charge in [-0.05, 0) is 116 Å². The van der Waals surface area contributed by atoms with Crippen molar-refractivity contribution < 1.29 is 24.4 Å². The Morgan fingerprint density at radius 1 is 0.806 bits per heavy atom. The van der Waals surface area contributed by atoms with Gasteiger partial charge in [-0.25, -0.2) is 0 Å². The molecule has 36 heavy (non-hydrogen) atoms. The SMILES string of the molecule is CO[C@]12O[C@H]3C[C@@]4(C)[C@@H]5CC[C@H]6C(C)(C)[C@@H](O)CC[C@@]67C[C@@]57CC[C@]4(C)[C@H]3[C@H](C)[C@H]1OC(C)(C)[C@H]2O. The van der Waals surface area contributed by atoms with Gasteiger partial charge in [0.2, 0.25) is 5.79 Å². The van der Waals surface area contributed by atoms with Gasteiger partial charge in [0.1, 0.15) is 12.2 Å². The van der Waals surface area contributed by atoms with Crippen LogP contribution in [-0.4, -0.2) is 53.1 Å². The Morgan fingerprint density at radius 3 is 2.17 bits per heavy atom. The van der Waals surface area contributed by atoms with Gasteiger partial charge < -0.3 is 24.4 Å². The van der Waals surface area contributed by atoms with Crippen molar-refractivity contribution in [1.29, 1.82) is 0 Å². The first-order valence-corrected chi connectivity index (χ1v) is 14.9. The zero-order valence-electron chi connectivity index (χ0n) is 23.9. The summed E-state index contributed by atoms with van der Waals surface area (Å²) in [5.41, 5.74) is 0.623. The van der Waals surface area contributed by atoms with Gasteiger partial charge in [0.25, 0.3) is 0 Å². The Hall–Kier alpha value is -0.200. The third-order valence-corrected chi connectivity index (χ3v) is 14.7. The molecule has 7 fully saturated rings. The molecule has 0 amide bonds. The second-order valence-corrected chi connectivity index (χ2v) is 16.1. The molecule has 0 radical (unpaired) electrons. The molecule has 2 aliphatic heterocycles. The molecule has 5 nitrogen and oxygen atoms in total. The highest BCUT2D eigenvalue weighted by atomic mass is 16.7. The van der Waals surface area contributed by atoms with E-state index in [1.165, 1.54) is 38.5 Å². The van der Waals surface area contributed by atoms with Crippen LogP contribution in [0.5, 0.6) is 0 Å². The molecule has 2 saturated heterocycles. The van der Waals surface area contributed by atoms with Gasteiger partial charge in [-0.1, -0.05) is 34.6 Å². The summed E-state index contributed by atoms with van der Waals surface area (Å²) in [5.74, 6) is 0.955. The highest BCUT2D eigenvalue weighted by Crippen LogP contribution is 2.89. The smallest absolute Gasteiger partial charge is 0.224 e. The summed E-state index contributed by atoms with van der Waals surface area (Å²) in [7, 11) is 1.68. The van der Waals surface area contributed by atoms with E-state index in [-0.39, 0.29) is 40.5 Å². The van der Waals surface area contributed by atoms with Crippen molar-refractivity contribution in [2.75, 3.05) is 7.11 Å². The Labute approximate surface area is 218 Å². The lowest BCUT2D eigenvalue weighted by Gasteiger charge is -2.63. The van der Waals surface area contributed by atoms with Crippen LogP contribution in [0.3, 0.4) is 0 Å². The van der Waals surface area contributed by atoms with Gasteiger partial charge in [-0.3, -0.25) is 0 Å². The topological polar surface area (TPSA) is 68.2 Å². The average Bonchev–Trinajstić information content (AvgIpc) is 3.35. The van der Waals surface area contributed by atoms with Crippen LogP contribution in [0.4, 0.5) is 0 Å². The summed E-state index contributed by atoms with van der Waals surface area (Å²) < 4.78 is 19.6. The van der Waals surface area contributed by atoms with Crippen molar-refractivity contribution in [3.05, 3.63) is 0 Å². The molecule has 2 N–H and O–H groups in total. The number of aliphatic hydroxyl groups excluding tert-OH is 2. The van der Waals surface area contributed by atoms with Crippen molar-refractivity contribution in [2.24, 2.45) is 50.7 Å². The van der Waals surface area contributed by atoms with Gasteiger partial charge in [0.05, 0.1) is 17.8 Å². The summed E-state index contributed by atoms with van der Waals surface area (Å²) in [5, 5.41) is 22.3. The van der Waals surface area contributed by atoms with Gasteiger partial charge >= 0.3 is 0 Å². The molecule has 13 atom stereocenters. The van der Waals surface area contributed by atoms with E-state index < -0.39 is 17.5 Å². The van der Waals surface area contributed by atoms with E-state index in [9.17, 15) is 10.2 Å². The highest BCUT2D eigenvalue weighted by Gasteiger charge is 2.84. The van der Waals surface area contributed by atoms with E-state index in [0.717, 1.165) is 12.8 Å². The highest BCUT2D eigenvalue weighted by molar-refractivity contribution is 5.32. The lowest BCUT2D eigenvalue weighted by atomic mass is 9.41. The zero-order valence-corrected chi connectivity index (χ0v) is 23.9. The quantitative estimate of drug-likeness (QED) is 0.508. The predicted molar refractivity (Wildman–Crippen MR) is 137 cm³/mol. The Kier molecular flexibility index (Phi) is 4.65. The molecule has 5 heteroatoms. The van der Waals surface area contributed by atoms with E-state index in [0.29, 0.717) is 28.6 Å². The summed E-state index contributed by atoms with van der Waals surface area (Å²) in [4.78, 5) is 0. The Bertz CT molecular complexity index is 978. The van der Waals surface area contributed by atoms with Crippen LogP contribution in [0.1, 0.15) is 99.8 Å². The van der Waals surface area contributed by atoms with E-state index in [1.54, 1.807) is 7.11 Å². The van der Waals surface area contributed by atoms with Crippen LogP contribution in [0.25, 0.3) is 0 Å². The van der Waals surface area contributed by atoms with Crippen molar-refractivity contribution in [3.63, 3.8) is 0 Å². The molecule has 204 valence electrons. The number of rotatable bonds is 1. The molecule has 7 rings (SSSR count). The van der Waals surface area contributed by atoms with Crippen molar-refractivity contribution in [3.8, 4) is 0 Å². The molecule has 2 heterocycles. The Morgan fingerprint density at radius 2 is 1.47 bits per heavy atom. The maximum atomic E-state index is 11.4. The van der Waals surface area contributed by atoms with Gasteiger partial charge in [-0.15, -0.1) is 0 Å². The molecule has 5 saturated carbocycles. The number of ether oxygens (including phenoxy) is 3. The molecule has 0 aromatic rings. The monoisotopic (exact) mass is 502 g/mol. The van der Waals surface area contributed by atoms with Gasteiger partial charge in [0.15, 0.2) is 0 Å². The first-order valence-electron chi connectivity index (χ1n) is 14.9. The third-order valence-electron chi connectivity index (χ3n) is 14.7. The fraction of sp³-hybridized carbons (Fsp3) is 1.00. The molecule has 7 aliphatic rings. The third kappa shape index (κ3) is 2.37. The van der Waals surface area contributed by atoms with Crippen LogP contribution in [0.2, 0.25) is 0 Å². The van der Waals surface area contributed by atoms with Crippen molar-refractivity contribution >= 4 is 0 Å². The molecular formula is C31H50O5. The number of fused-ring (bicyclic) bond motifs is 5. The Balaban J connectivity index is 1.26. The van der Waals surface area contributed by atoms with E-state index in [1.807, 2.05) is 13.8 Å². The van der Waals surface area contributed by atoms with E-state index >= 15 is 0 Å². The van der Waals surface area contributed by atoms with Crippen LogP contribution in [0, 0.1) is 50.7 Å². The van der Waals surface area contributed by atoms with Crippen LogP contribution in [0.15, 0.2) is 0 Å². The number of hydrogen-bond acceptors (Lipinski definition) is 5. The molecular weight excluding hydrogens is 452 g/mol. The predicted octanol–water partition coefficient (Wildman–Crippen LogP) is 5.31. The molecule has 0 unspecified atom stereocenters. The normalized spacial score (nSPS) is 63.8. The molecule has 2 spiro atoms. The maximum Gasteiger partial charge on any atom is 0.224 e. The molecule has 0 aromatic carbocycles. The fourth-order valence-corrected chi connectivity index (χ4v) is 12.9. The standard InChI is InChI=1S/C31H50O5/c1-17-22-18(35-31(34-8)23(17)36-26(4,5)24(31)33)15-28(7)20-10-9-19-25(2,3)21(32)11-12-29(19)16-30(20,29)14-13-27(22,28)6/h17-24,32-33H,9-16H2,1-8H3/t17-,18-,19-,20-,21-,22-,23+,24+,27+,28-,29+,30-,31-/m0/s1. The van der Waals surface area contributed by atoms with Crippen molar-refractivity contribution in [1.82, 2.24) is 0 Å². The largest absolute Gasteiger partial charge is 0.393 e. The number of aliphatic hydroxyl groups is 2. The van der Waals surface area contributed by atoms with Crippen molar-refractivity contribution in [2.45, 2.75) is 136 Å². The lowest BCUT2D eigenvalue weighted by molar-refractivity contribution is -0.337. The van der Waals surface area contributed by atoms with Gasteiger partial charge in [0, 0.05) is 7.11 Å².